The number of ether oxygens (including phenoxy) is 1. The number of hydrogen-bond donors (Lipinski definition) is 2. The second-order valence-electron chi connectivity index (χ2n) is 4.75. The van der Waals surface area contributed by atoms with Crippen molar-refractivity contribution < 1.29 is 19.4 Å². The molecule has 0 fully saturated rings. The molecule has 1 aromatic carbocycles. The van der Waals surface area contributed by atoms with Crippen LogP contribution in [0.2, 0.25) is 0 Å². The minimum Gasteiger partial charge on any atom is -0.508 e. The van der Waals surface area contributed by atoms with E-state index in [9.17, 15) is 14.7 Å². The third kappa shape index (κ3) is 2.84. The van der Waals surface area contributed by atoms with Gasteiger partial charge in [0, 0.05) is 12.7 Å². The summed E-state index contributed by atoms with van der Waals surface area (Å²) in [5.41, 5.74) is 1.65. The Labute approximate surface area is 123 Å². The van der Waals surface area contributed by atoms with E-state index < -0.39 is 12.0 Å². The molecule has 2 rings (SSSR count). The fraction of sp³-hybridized carbons (Fsp3) is 0.333. The summed E-state index contributed by atoms with van der Waals surface area (Å²) in [6.07, 6.45) is 0. The van der Waals surface area contributed by atoms with Crippen LogP contribution < -0.4 is 5.32 Å². The Bertz CT molecular complexity index is 592. The summed E-state index contributed by atoms with van der Waals surface area (Å²) >= 11 is 0. The third-order valence-electron chi connectivity index (χ3n) is 3.48. The standard InChI is InChI=1S/C15H18N2O4/c1-4-21-14(19)12-9(2)17(3)15(20)16-13(12)10-5-7-11(18)8-6-10/h5-8,13,18H,4H2,1-3H3,(H,16,20). The van der Waals surface area contributed by atoms with E-state index in [1.54, 1.807) is 33.0 Å². The molecule has 0 saturated carbocycles. The summed E-state index contributed by atoms with van der Waals surface area (Å²) < 4.78 is 5.09. The molecule has 0 radical (unpaired) electrons. The van der Waals surface area contributed by atoms with Crippen LogP contribution in [-0.2, 0) is 9.53 Å². The predicted octanol–water partition coefficient (Wildman–Crippen LogP) is 1.93. The number of phenolic OH excluding ortho intramolecular Hbond substituents is 1. The molecule has 0 saturated heterocycles. The Morgan fingerprint density at radius 3 is 2.57 bits per heavy atom. The minimum atomic E-state index is -0.589. The van der Waals surface area contributed by atoms with E-state index in [-0.39, 0.29) is 18.4 Å². The van der Waals surface area contributed by atoms with Gasteiger partial charge in [-0.25, -0.2) is 9.59 Å². The van der Waals surface area contributed by atoms with Crippen LogP contribution >= 0.6 is 0 Å². The molecule has 2 N–H and O–H groups in total. The van der Waals surface area contributed by atoms with E-state index in [2.05, 4.69) is 5.32 Å². The number of nitrogens with one attached hydrogen (secondary N) is 1. The topological polar surface area (TPSA) is 78.9 Å². The maximum atomic E-state index is 12.2. The molecule has 1 unspecified atom stereocenters. The van der Waals surface area contributed by atoms with Gasteiger partial charge in [0.15, 0.2) is 0 Å². The molecule has 6 nitrogen and oxygen atoms in total. The van der Waals surface area contributed by atoms with Crippen LogP contribution in [0.25, 0.3) is 0 Å². The van der Waals surface area contributed by atoms with Crippen LogP contribution in [0.4, 0.5) is 4.79 Å². The quantitative estimate of drug-likeness (QED) is 0.834. The average molecular weight is 290 g/mol. The highest BCUT2D eigenvalue weighted by molar-refractivity contribution is 5.94. The molecule has 2 amide bonds. The first-order valence-corrected chi connectivity index (χ1v) is 6.66. The molecule has 0 bridgehead atoms. The Balaban J connectivity index is 2.48. The van der Waals surface area contributed by atoms with Crippen LogP contribution in [0.3, 0.4) is 0 Å². The van der Waals surface area contributed by atoms with Gasteiger partial charge < -0.3 is 20.1 Å². The van der Waals surface area contributed by atoms with Gasteiger partial charge in [-0.05, 0) is 31.5 Å². The third-order valence-corrected chi connectivity index (χ3v) is 3.48. The fourth-order valence-electron chi connectivity index (χ4n) is 2.23. The molecular formula is C15H18N2O4. The second kappa shape index (κ2) is 5.87. The number of allylic oxidation sites excluding steroid dienone is 1. The molecule has 0 spiro atoms. The van der Waals surface area contributed by atoms with Crippen molar-refractivity contribution in [2.24, 2.45) is 0 Å². The van der Waals surface area contributed by atoms with Gasteiger partial charge in [-0.1, -0.05) is 12.1 Å². The van der Waals surface area contributed by atoms with E-state index in [1.807, 2.05) is 0 Å². The summed E-state index contributed by atoms with van der Waals surface area (Å²) in [6.45, 7) is 3.70. The molecule has 1 atom stereocenters. The maximum Gasteiger partial charge on any atom is 0.338 e. The number of carbonyl (C=O) groups is 2. The van der Waals surface area contributed by atoms with Crippen LogP contribution in [0.1, 0.15) is 25.5 Å². The number of aromatic hydroxyl groups is 1. The van der Waals surface area contributed by atoms with Gasteiger partial charge in [-0.15, -0.1) is 0 Å². The molecule has 21 heavy (non-hydrogen) atoms. The van der Waals surface area contributed by atoms with Crippen molar-refractivity contribution in [1.29, 1.82) is 0 Å². The van der Waals surface area contributed by atoms with Crippen LogP contribution in [0.5, 0.6) is 5.75 Å². The molecule has 1 aliphatic heterocycles. The summed E-state index contributed by atoms with van der Waals surface area (Å²) in [6, 6.07) is 5.47. The number of esters is 1. The Hall–Kier alpha value is -2.50. The zero-order valence-electron chi connectivity index (χ0n) is 12.2. The molecule has 0 aromatic heterocycles. The first-order chi connectivity index (χ1) is 9.95. The van der Waals surface area contributed by atoms with Crippen molar-refractivity contribution in [2.45, 2.75) is 19.9 Å². The molecule has 0 aliphatic carbocycles. The number of benzene rings is 1. The Morgan fingerprint density at radius 1 is 1.38 bits per heavy atom. The van der Waals surface area contributed by atoms with E-state index in [4.69, 9.17) is 4.74 Å². The number of carbonyl (C=O) groups excluding carboxylic acids is 2. The highest BCUT2D eigenvalue weighted by Crippen LogP contribution is 2.31. The predicted molar refractivity (Wildman–Crippen MR) is 76.5 cm³/mol. The zero-order valence-corrected chi connectivity index (χ0v) is 12.2. The smallest absolute Gasteiger partial charge is 0.338 e. The Kier molecular flexibility index (Phi) is 4.16. The minimum absolute atomic E-state index is 0.122. The van der Waals surface area contributed by atoms with Crippen molar-refractivity contribution >= 4 is 12.0 Å². The first kappa shape index (κ1) is 14.9. The molecule has 1 heterocycles. The van der Waals surface area contributed by atoms with E-state index in [0.29, 0.717) is 16.8 Å². The monoisotopic (exact) mass is 290 g/mol. The molecular weight excluding hydrogens is 272 g/mol. The summed E-state index contributed by atoms with van der Waals surface area (Å²) in [5.74, 6) is -0.337. The highest BCUT2D eigenvalue weighted by atomic mass is 16.5. The molecule has 1 aromatic rings. The summed E-state index contributed by atoms with van der Waals surface area (Å²) in [5, 5.41) is 12.1. The van der Waals surface area contributed by atoms with Gasteiger partial charge in [-0.3, -0.25) is 0 Å². The lowest BCUT2D eigenvalue weighted by atomic mass is 9.95. The average Bonchev–Trinajstić information content (AvgIpc) is 2.45. The first-order valence-electron chi connectivity index (χ1n) is 6.66. The number of amides is 2. The lowest BCUT2D eigenvalue weighted by Gasteiger charge is -2.33. The van der Waals surface area contributed by atoms with Gasteiger partial charge in [0.2, 0.25) is 0 Å². The van der Waals surface area contributed by atoms with E-state index in [1.165, 1.54) is 17.0 Å². The maximum absolute atomic E-state index is 12.2. The van der Waals surface area contributed by atoms with Crippen LogP contribution in [0, 0.1) is 0 Å². The molecule has 6 heteroatoms. The summed E-state index contributed by atoms with van der Waals surface area (Å²) in [4.78, 5) is 25.5. The Morgan fingerprint density at radius 2 is 2.00 bits per heavy atom. The lowest BCUT2D eigenvalue weighted by molar-refractivity contribution is -0.139. The summed E-state index contributed by atoms with van der Waals surface area (Å²) in [7, 11) is 1.59. The molecule has 1 aliphatic rings. The van der Waals surface area contributed by atoms with Gasteiger partial charge in [0.05, 0.1) is 18.2 Å². The number of hydrogen-bond acceptors (Lipinski definition) is 4. The van der Waals surface area contributed by atoms with Crippen molar-refractivity contribution in [3.05, 3.63) is 41.1 Å². The van der Waals surface area contributed by atoms with E-state index >= 15 is 0 Å². The van der Waals surface area contributed by atoms with Gasteiger partial charge in [0.25, 0.3) is 0 Å². The van der Waals surface area contributed by atoms with E-state index in [0.717, 1.165) is 0 Å². The SMILES string of the molecule is CCOC(=O)C1=C(C)N(C)C(=O)NC1c1ccc(O)cc1. The highest BCUT2D eigenvalue weighted by Gasteiger charge is 2.34. The van der Waals surface area contributed by atoms with Crippen LogP contribution in [0.15, 0.2) is 35.5 Å². The normalized spacial score (nSPS) is 18.5. The zero-order chi connectivity index (χ0) is 15.6. The van der Waals surface area contributed by atoms with Crippen molar-refractivity contribution in [1.82, 2.24) is 10.2 Å². The number of nitrogens with zero attached hydrogens (tertiary/aromatic N) is 1. The second-order valence-corrected chi connectivity index (χ2v) is 4.75. The van der Waals surface area contributed by atoms with Gasteiger partial charge >= 0.3 is 12.0 Å². The van der Waals surface area contributed by atoms with Crippen molar-refractivity contribution in [3.63, 3.8) is 0 Å². The van der Waals surface area contributed by atoms with Crippen LogP contribution in [-0.4, -0.2) is 35.7 Å². The number of rotatable bonds is 3. The molecule has 112 valence electrons. The van der Waals surface area contributed by atoms with Crippen molar-refractivity contribution in [2.75, 3.05) is 13.7 Å². The van der Waals surface area contributed by atoms with Gasteiger partial charge in [0.1, 0.15) is 5.75 Å². The fourth-order valence-corrected chi connectivity index (χ4v) is 2.23. The van der Waals surface area contributed by atoms with Gasteiger partial charge in [-0.2, -0.15) is 0 Å². The van der Waals surface area contributed by atoms with Crippen molar-refractivity contribution in [3.8, 4) is 5.75 Å². The largest absolute Gasteiger partial charge is 0.508 e. The number of phenols is 1. The number of urea groups is 1. The lowest BCUT2D eigenvalue weighted by Crippen LogP contribution is -2.46.